The first-order valence-electron chi connectivity index (χ1n) is 8.99. The number of anilines is 1. The van der Waals surface area contributed by atoms with E-state index in [0.717, 1.165) is 9.91 Å². The van der Waals surface area contributed by atoms with Gasteiger partial charge in [0.05, 0.1) is 25.3 Å². The van der Waals surface area contributed by atoms with Crippen LogP contribution in [0.25, 0.3) is 0 Å². The fraction of sp³-hybridized carbons (Fsp3) is 0.421. The lowest BCUT2D eigenvalue weighted by Crippen LogP contribution is -2.51. The van der Waals surface area contributed by atoms with Gasteiger partial charge in [-0.15, -0.1) is 0 Å². The Morgan fingerprint density at radius 1 is 1.11 bits per heavy atom. The van der Waals surface area contributed by atoms with E-state index in [-0.39, 0.29) is 25.2 Å². The Morgan fingerprint density at radius 3 is 2.36 bits per heavy atom. The van der Waals surface area contributed by atoms with Crippen molar-refractivity contribution < 1.29 is 28.7 Å². The number of ether oxygens (including phenoxy) is 2. The van der Waals surface area contributed by atoms with Crippen LogP contribution in [0, 0.1) is 0 Å². The lowest BCUT2D eigenvalue weighted by atomic mass is 9.91. The summed E-state index contributed by atoms with van der Waals surface area (Å²) in [5, 5.41) is 4.94. The summed E-state index contributed by atoms with van der Waals surface area (Å²) in [6, 6.07) is 6.50. The van der Waals surface area contributed by atoms with Crippen LogP contribution in [0.15, 0.2) is 29.4 Å². The smallest absolute Gasteiger partial charge is 0.354 e. The average molecular weight is 387 g/mol. The van der Waals surface area contributed by atoms with Crippen LogP contribution >= 0.6 is 0 Å². The molecule has 3 rings (SSSR count). The third kappa shape index (κ3) is 3.12. The summed E-state index contributed by atoms with van der Waals surface area (Å²) in [6.45, 7) is 5.35. The summed E-state index contributed by atoms with van der Waals surface area (Å²) >= 11 is 0. The molecule has 1 aromatic rings. The van der Waals surface area contributed by atoms with Crippen LogP contribution in [-0.2, 0) is 23.9 Å². The molecular formula is C19H21N3O6. The van der Waals surface area contributed by atoms with Crippen molar-refractivity contribution in [1.29, 1.82) is 0 Å². The third-order valence-electron chi connectivity index (χ3n) is 4.60. The minimum atomic E-state index is -1.54. The Kier molecular flexibility index (Phi) is 5.17. The summed E-state index contributed by atoms with van der Waals surface area (Å²) in [4.78, 5) is 51.2. The van der Waals surface area contributed by atoms with Crippen molar-refractivity contribution in [3.8, 4) is 5.75 Å². The van der Waals surface area contributed by atoms with Crippen molar-refractivity contribution in [1.82, 2.24) is 5.01 Å². The number of rotatable bonds is 5. The quantitative estimate of drug-likeness (QED) is 0.556. The Bertz CT molecular complexity index is 863. The predicted molar refractivity (Wildman–Crippen MR) is 98.7 cm³/mol. The predicted octanol–water partition coefficient (Wildman–Crippen LogP) is 1.26. The van der Waals surface area contributed by atoms with E-state index in [1.165, 1.54) is 6.92 Å². The van der Waals surface area contributed by atoms with Gasteiger partial charge in [-0.25, -0.2) is 14.7 Å². The molecule has 0 aliphatic carbocycles. The van der Waals surface area contributed by atoms with Gasteiger partial charge in [0.25, 0.3) is 5.91 Å². The summed E-state index contributed by atoms with van der Waals surface area (Å²) in [5.74, 6) is -1.70. The summed E-state index contributed by atoms with van der Waals surface area (Å²) < 4.78 is 10.3. The van der Waals surface area contributed by atoms with Crippen LogP contribution in [0.2, 0.25) is 0 Å². The van der Waals surface area contributed by atoms with Crippen LogP contribution in [0.1, 0.15) is 33.6 Å². The molecule has 1 atom stereocenters. The summed E-state index contributed by atoms with van der Waals surface area (Å²) in [7, 11) is 0. The molecular weight excluding hydrogens is 366 g/mol. The number of hydrogen-bond acceptors (Lipinski definition) is 7. The highest BCUT2D eigenvalue weighted by Gasteiger charge is 2.61. The van der Waals surface area contributed by atoms with Crippen molar-refractivity contribution in [3.63, 3.8) is 0 Å². The van der Waals surface area contributed by atoms with Crippen LogP contribution in [0.4, 0.5) is 5.69 Å². The fourth-order valence-electron chi connectivity index (χ4n) is 3.45. The lowest BCUT2D eigenvalue weighted by molar-refractivity contribution is -0.141. The minimum Gasteiger partial charge on any atom is -0.494 e. The highest BCUT2D eigenvalue weighted by atomic mass is 16.5. The molecule has 2 heterocycles. The average Bonchev–Trinajstić information content (AvgIpc) is 3.15. The number of esters is 1. The van der Waals surface area contributed by atoms with E-state index in [4.69, 9.17) is 9.47 Å². The van der Waals surface area contributed by atoms with Crippen LogP contribution in [0.3, 0.4) is 0 Å². The fourth-order valence-corrected chi connectivity index (χ4v) is 3.45. The zero-order chi connectivity index (χ0) is 20.5. The Hall–Kier alpha value is -3.23. The van der Waals surface area contributed by atoms with E-state index in [1.807, 2.05) is 6.92 Å². The summed E-state index contributed by atoms with van der Waals surface area (Å²) in [6.07, 6.45) is -0.422. The molecule has 148 valence electrons. The molecule has 0 radical (unpaired) electrons. The molecule has 28 heavy (non-hydrogen) atoms. The first kappa shape index (κ1) is 19.5. The Balaban J connectivity index is 1.93. The van der Waals surface area contributed by atoms with Crippen molar-refractivity contribution in [3.05, 3.63) is 24.3 Å². The number of carbonyl (C=O) groups is 4. The van der Waals surface area contributed by atoms with Crippen molar-refractivity contribution >= 4 is 35.1 Å². The van der Waals surface area contributed by atoms with E-state index in [9.17, 15) is 19.2 Å². The van der Waals surface area contributed by atoms with Crippen molar-refractivity contribution in [2.45, 2.75) is 39.2 Å². The van der Waals surface area contributed by atoms with E-state index >= 15 is 0 Å². The highest BCUT2D eigenvalue weighted by Crippen LogP contribution is 2.40. The molecule has 1 saturated heterocycles. The van der Waals surface area contributed by atoms with Gasteiger partial charge in [-0.05, 0) is 38.1 Å². The normalized spacial score (nSPS) is 21.3. The van der Waals surface area contributed by atoms with Gasteiger partial charge in [-0.1, -0.05) is 0 Å². The van der Waals surface area contributed by atoms with Gasteiger partial charge in [-0.3, -0.25) is 14.4 Å². The van der Waals surface area contributed by atoms with Gasteiger partial charge in [0.1, 0.15) is 11.5 Å². The number of benzene rings is 1. The van der Waals surface area contributed by atoms with E-state index in [2.05, 4.69) is 5.10 Å². The maximum atomic E-state index is 13.2. The molecule has 0 bridgehead atoms. The molecule has 9 nitrogen and oxygen atoms in total. The molecule has 1 fully saturated rings. The molecule has 0 saturated carbocycles. The SMILES string of the molecule is CCOC(=O)C1=NN(C(C)=O)[C@@]2(CC(=O)N(c3ccc(OCC)cc3)C2=O)C1. The van der Waals surface area contributed by atoms with E-state index in [1.54, 1.807) is 31.2 Å². The number of carbonyl (C=O) groups excluding carboxylic acids is 4. The lowest BCUT2D eigenvalue weighted by Gasteiger charge is -2.28. The minimum absolute atomic E-state index is 0.0493. The number of hydrazone groups is 1. The maximum Gasteiger partial charge on any atom is 0.354 e. The standard InChI is InChI=1S/C19H21N3O6/c1-4-27-14-8-6-13(7-9-14)21-16(24)11-19(18(21)26)10-15(17(25)28-5-2)20-22(19)12(3)23/h6-9H,4-5,10-11H2,1-3H3/t19-/m1/s1. The number of amides is 3. The van der Waals surface area contributed by atoms with Gasteiger partial charge in [0, 0.05) is 13.3 Å². The molecule has 9 heteroatoms. The second-order valence-electron chi connectivity index (χ2n) is 6.44. The number of nitrogens with zero attached hydrogens (tertiary/aromatic N) is 3. The van der Waals surface area contributed by atoms with Crippen molar-refractivity contribution in [2.24, 2.45) is 5.10 Å². The van der Waals surface area contributed by atoms with Crippen LogP contribution < -0.4 is 9.64 Å². The van der Waals surface area contributed by atoms with Crippen molar-refractivity contribution in [2.75, 3.05) is 18.1 Å². The first-order valence-corrected chi connectivity index (χ1v) is 8.99. The second-order valence-corrected chi connectivity index (χ2v) is 6.44. The van der Waals surface area contributed by atoms with Crippen LogP contribution in [0.5, 0.6) is 5.75 Å². The molecule has 1 aromatic carbocycles. The van der Waals surface area contributed by atoms with E-state index < -0.39 is 29.2 Å². The topological polar surface area (TPSA) is 106 Å². The van der Waals surface area contributed by atoms with Gasteiger partial charge < -0.3 is 9.47 Å². The monoisotopic (exact) mass is 387 g/mol. The van der Waals surface area contributed by atoms with Gasteiger partial charge in [0.2, 0.25) is 11.8 Å². The summed E-state index contributed by atoms with van der Waals surface area (Å²) in [5.41, 5.74) is -1.22. The van der Waals surface area contributed by atoms with Crippen LogP contribution in [-0.4, -0.2) is 53.2 Å². The Labute approximate surface area is 161 Å². The van der Waals surface area contributed by atoms with Gasteiger partial charge in [-0.2, -0.15) is 5.10 Å². The van der Waals surface area contributed by atoms with E-state index in [0.29, 0.717) is 18.0 Å². The zero-order valence-electron chi connectivity index (χ0n) is 15.9. The molecule has 0 aromatic heterocycles. The van der Waals surface area contributed by atoms with Gasteiger partial charge in [0.15, 0.2) is 5.54 Å². The van der Waals surface area contributed by atoms with Gasteiger partial charge >= 0.3 is 5.97 Å². The zero-order valence-corrected chi connectivity index (χ0v) is 15.9. The molecule has 1 spiro atoms. The first-order chi connectivity index (χ1) is 13.3. The molecule has 0 N–H and O–H groups in total. The molecule has 0 unspecified atom stereocenters. The third-order valence-corrected chi connectivity index (χ3v) is 4.60. The maximum absolute atomic E-state index is 13.2. The molecule has 3 amide bonds. The number of hydrogen-bond donors (Lipinski definition) is 0. The highest BCUT2D eigenvalue weighted by molar-refractivity contribution is 6.39. The Morgan fingerprint density at radius 2 is 1.79 bits per heavy atom. The second kappa shape index (κ2) is 7.41. The molecule has 2 aliphatic heterocycles. The number of imide groups is 1. The largest absolute Gasteiger partial charge is 0.494 e. The molecule has 2 aliphatic rings.